The number of hydrogen-bond donors (Lipinski definition) is 1. The van der Waals surface area contributed by atoms with Gasteiger partial charge in [-0.25, -0.2) is 4.98 Å². The Morgan fingerprint density at radius 2 is 1.82 bits per heavy atom. The van der Waals surface area contributed by atoms with E-state index in [4.69, 9.17) is 4.98 Å². The second-order valence-corrected chi connectivity index (χ2v) is 11.5. The number of pyridine rings is 1. The van der Waals surface area contributed by atoms with E-state index >= 15 is 0 Å². The number of aromatic nitrogens is 5. The van der Waals surface area contributed by atoms with Gasteiger partial charge in [0.25, 0.3) is 0 Å². The number of anilines is 1. The van der Waals surface area contributed by atoms with Gasteiger partial charge < -0.3 is 9.88 Å². The molecule has 0 fully saturated rings. The van der Waals surface area contributed by atoms with Crippen LogP contribution in [0.5, 0.6) is 0 Å². The van der Waals surface area contributed by atoms with Crippen molar-refractivity contribution in [3.63, 3.8) is 0 Å². The Morgan fingerprint density at radius 1 is 1.05 bits per heavy atom. The molecule has 5 aromatic rings. The number of hydrogen-bond acceptors (Lipinski definition) is 6. The molecule has 0 saturated carbocycles. The Labute approximate surface area is 224 Å². The fraction of sp³-hybridized carbons (Fsp3) is 0.233. The first kappa shape index (κ1) is 23.0. The number of fused-ring (bicyclic) bond motifs is 1. The largest absolute Gasteiger partial charge is 0.308 e. The molecule has 8 heteroatoms. The molecule has 0 spiro atoms. The summed E-state index contributed by atoms with van der Waals surface area (Å²) in [7, 11) is 0. The number of carbonyl (C=O) groups is 1. The van der Waals surface area contributed by atoms with Gasteiger partial charge in [-0.05, 0) is 60.2 Å². The highest BCUT2D eigenvalue weighted by Gasteiger charge is 2.60. The van der Waals surface area contributed by atoms with Crippen LogP contribution in [0.15, 0.2) is 84.8 Å². The van der Waals surface area contributed by atoms with Crippen LogP contribution in [0.1, 0.15) is 54.5 Å². The Balaban J connectivity index is 1.11. The molecule has 0 saturated heterocycles. The highest BCUT2D eigenvalue weighted by atomic mass is 32.1. The summed E-state index contributed by atoms with van der Waals surface area (Å²) in [6.45, 7) is 4.23. The quantitative estimate of drug-likeness (QED) is 0.325. The molecule has 38 heavy (non-hydrogen) atoms. The SMILES string of the molecule is CC12CC(C)(C(=O)Nc3nc(Cc4ccc(-c5ccncc5)cc4)cs3)C(c3ccccc31)n1cnnc12. The van der Waals surface area contributed by atoms with E-state index in [0.29, 0.717) is 18.0 Å². The van der Waals surface area contributed by atoms with Crippen molar-refractivity contribution >= 4 is 22.4 Å². The van der Waals surface area contributed by atoms with Crippen LogP contribution in [0.4, 0.5) is 5.13 Å². The average molecular weight is 519 g/mol. The molecule has 2 bridgehead atoms. The Kier molecular flexibility index (Phi) is 5.10. The summed E-state index contributed by atoms with van der Waals surface area (Å²) in [5.74, 6) is 0.906. The maximum absolute atomic E-state index is 13.9. The minimum absolute atomic E-state index is 0.0230. The number of carbonyl (C=O) groups excluding carboxylic acids is 1. The monoisotopic (exact) mass is 518 g/mol. The predicted molar refractivity (Wildman–Crippen MR) is 147 cm³/mol. The Hall–Kier alpha value is -4.17. The van der Waals surface area contributed by atoms with Gasteiger partial charge in [0, 0.05) is 24.2 Å². The van der Waals surface area contributed by atoms with Gasteiger partial charge in [-0.15, -0.1) is 21.5 Å². The molecule has 1 aliphatic carbocycles. The third-order valence-corrected chi connectivity index (χ3v) is 8.97. The third kappa shape index (κ3) is 3.44. The van der Waals surface area contributed by atoms with Crippen molar-refractivity contribution in [1.29, 1.82) is 0 Å². The topological polar surface area (TPSA) is 85.6 Å². The van der Waals surface area contributed by atoms with Gasteiger partial charge in [-0.2, -0.15) is 0 Å². The van der Waals surface area contributed by atoms with Gasteiger partial charge in [0.1, 0.15) is 12.2 Å². The van der Waals surface area contributed by atoms with Crippen LogP contribution in [0.25, 0.3) is 11.1 Å². The molecular weight excluding hydrogens is 492 g/mol. The second kappa shape index (κ2) is 8.43. The molecule has 3 atom stereocenters. The van der Waals surface area contributed by atoms with Crippen molar-refractivity contribution in [2.75, 3.05) is 5.32 Å². The summed E-state index contributed by atoms with van der Waals surface area (Å²) in [4.78, 5) is 22.7. The standard InChI is InChI=1S/C30H26N6OS/c1-29-17-30(2,25(36-18-32-35-26(29)36)23-5-3-4-6-24(23)29)27(37)34-28-33-22(16-38-28)15-19-7-9-20(10-8-19)21-11-13-31-14-12-21/h3-14,16,18,25H,15,17H2,1-2H3,(H,33,34,37). The van der Waals surface area contributed by atoms with E-state index < -0.39 is 5.41 Å². The smallest absolute Gasteiger partial charge is 0.234 e. The fourth-order valence-electron chi connectivity index (χ4n) is 6.45. The molecule has 0 radical (unpaired) electrons. The van der Waals surface area contributed by atoms with Crippen LogP contribution < -0.4 is 5.32 Å². The first-order valence-corrected chi connectivity index (χ1v) is 13.6. The van der Waals surface area contributed by atoms with Crippen LogP contribution in [0.2, 0.25) is 0 Å². The minimum atomic E-state index is -0.674. The number of rotatable bonds is 5. The average Bonchev–Trinajstić information content (AvgIpc) is 3.60. The van der Waals surface area contributed by atoms with Gasteiger partial charge in [0.05, 0.1) is 22.6 Å². The van der Waals surface area contributed by atoms with Gasteiger partial charge >= 0.3 is 0 Å². The molecule has 2 aromatic carbocycles. The lowest BCUT2D eigenvalue weighted by atomic mass is 9.55. The van der Waals surface area contributed by atoms with Crippen LogP contribution in [0, 0.1) is 5.41 Å². The fourth-order valence-corrected chi connectivity index (χ4v) is 7.15. The lowest BCUT2D eigenvalue weighted by Gasteiger charge is -2.54. The zero-order chi connectivity index (χ0) is 25.9. The molecule has 7 nitrogen and oxygen atoms in total. The van der Waals surface area contributed by atoms with Crippen molar-refractivity contribution in [3.05, 3.63) is 113 Å². The number of amides is 1. The molecule has 1 amide bonds. The number of benzene rings is 2. The van der Waals surface area contributed by atoms with Crippen LogP contribution in [0.3, 0.4) is 0 Å². The molecule has 3 aromatic heterocycles. The first-order chi connectivity index (χ1) is 18.5. The normalized spacial score (nSPS) is 23.1. The van der Waals surface area contributed by atoms with E-state index in [0.717, 1.165) is 22.6 Å². The van der Waals surface area contributed by atoms with Crippen molar-refractivity contribution in [2.24, 2.45) is 5.41 Å². The Bertz CT molecular complexity index is 1660. The van der Waals surface area contributed by atoms with E-state index in [1.54, 1.807) is 18.7 Å². The van der Waals surface area contributed by atoms with Gasteiger partial charge in [0.15, 0.2) is 5.13 Å². The van der Waals surface area contributed by atoms with Crippen molar-refractivity contribution in [3.8, 4) is 11.1 Å². The van der Waals surface area contributed by atoms with E-state index in [9.17, 15) is 4.79 Å². The zero-order valence-corrected chi connectivity index (χ0v) is 21.9. The number of nitrogens with zero attached hydrogens (tertiary/aromatic N) is 5. The lowest BCUT2D eigenvalue weighted by molar-refractivity contribution is -0.129. The van der Waals surface area contributed by atoms with Crippen LogP contribution >= 0.6 is 11.3 Å². The highest BCUT2D eigenvalue weighted by molar-refractivity contribution is 7.13. The molecule has 3 aliphatic rings. The second-order valence-electron chi connectivity index (χ2n) is 10.7. The molecule has 3 unspecified atom stereocenters. The summed E-state index contributed by atoms with van der Waals surface area (Å²) in [5.41, 5.74) is 5.76. The zero-order valence-electron chi connectivity index (χ0n) is 21.1. The number of thiazole rings is 1. The molecule has 5 heterocycles. The maximum Gasteiger partial charge on any atom is 0.234 e. The number of nitrogens with one attached hydrogen (secondary N) is 1. The minimum Gasteiger partial charge on any atom is -0.308 e. The van der Waals surface area contributed by atoms with Gasteiger partial charge in [-0.3, -0.25) is 9.78 Å². The first-order valence-electron chi connectivity index (χ1n) is 12.7. The Morgan fingerprint density at radius 3 is 2.63 bits per heavy atom. The van der Waals surface area contributed by atoms with E-state index in [1.807, 2.05) is 23.6 Å². The highest BCUT2D eigenvalue weighted by Crippen LogP contribution is 2.60. The van der Waals surface area contributed by atoms with Gasteiger partial charge in [-0.1, -0.05) is 48.5 Å². The molecule has 8 rings (SSSR count). The van der Waals surface area contributed by atoms with E-state index in [1.165, 1.54) is 28.0 Å². The van der Waals surface area contributed by atoms with E-state index in [-0.39, 0.29) is 17.4 Å². The predicted octanol–water partition coefficient (Wildman–Crippen LogP) is 5.64. The van der Waals surface area contributed by atoms with Crippen molar-refractivity contribution in [2.45, 2.75) is 38.1 Å². The van der Waals surface area contributed by atoms with Crippen LogP contribution in [-0.4, -0.2) is 30.6 Å². The van der Waals surface area contributed by atoms with Gasteiger partial charge in [0.2, 0.25) is 5.91 Å². The lowest BCUT2D eigenvalue weighted by Crippen LogP contribution is -2.55. The summed E-state index contributed by atoms with van der Waals surface area (Å²) >= 11 is 1.47. The maximum atomic E-state index is 13.9. The summed E-state index contributed by atoms with van der Waals surface area (Å²) in [6, 6.07) is 20.7. The summed E-state index contributed by atoms with van der Waals surface area (Å²) in [5, 5.41) is 14.5. The third-order valence-electron chi connectivity index (χ3n) is 8.16. The van der Waals surface area contributed by atoms with Crippen molar-refractivity contribution < 1.29 is 4.79 Å². The van der Waals surface area contributed by atoms with Crippen LogP contribution in [-0.2, 0) is 16.6 Å². The van der Waals surface area contributed by atoms with E-state index in [2.05, 4.69) is 81.4 Å². The molecule has 2 aliphatic heterocycles. The molecule has 188 valence electrons. The summed E-state index contributed by atoms with van der Waals surface area (Å²) in [6.07, 6.45) is 6.74. The molecule has 1 N–H and O–H groups in total. The summed E-state index contributed by atoms with van der Waals surface area (Å²) < 4.78 is 2.09. The van der Waals surface area contributed by atoms with Crippen molar-refractivity contribution in [1.82, 2.24) is 24.7 Å². The molecular formula is C30H26N6OS.